The molecule has 0 fully saturated rings. The number of nitrogens with one attached hydrogen (secondary N) is 1. The van der Waals surface area contributed by atoms with E-state index in [1.54, 1.807) is 13.0 Å². The van der Waals surface area contributed by atoms with Crippen molar-refractivity contribution in [3.8, 4) is 0 Å². The van der Waals surface area contributed by atoms with E-state index in [0.29, 0.717) is 5.56 Å². The van der Waals surface area contributed by atoms with Crippen LogP contribution in [0.5, 0.6) is 0 Å². The average molecular weight is 254 g/mol. The third kappa shape index (κ3) is 4.26. The van der Waals surface area contributed by atoms with Crippen molar-refractivity contribution in [3.63, 3.8) is 0 Å². The zero-order chi connectivity index (χ0) is 12.7. The number of rotatable bonds is 7. The van der Waals surface area contributed by atoms with E-state index in [0.717, 1.165) is 24.4 Å². The topological polar surface area (TPSA) is 55.2 Å². The van der Waals surface area contributed by atoms with Gasteiger partial charge >= 0.3 is 0 Å². The molecular formula is C12H18N2O2S. The Kier molecular flexibility index (Phi) is 5.83. The summed E-state index contributed by atoms with van der Waals surface area (Å²) in [4.78, 5) is 10.4. The molecule has 0 aromatic heterocycles. The maximum Gasteiger partial charge on any atom is 0.274 e. The minimum Gasteiger partial charge on any atom is -0.385 e. The summed E-state index contributed by atoms with van der Waals surface area (Å²) in [5.41, 5.74) is 1.75. The minimum atomic E-state index is -0.339. The third-order valence-corrected chi connectivity index (χ3v) is 3.29. The molecule has 0 atom stereocenters. The second-order valence-electron chi connectivity index (χ2n) is 3.83. The number of anilines is 1. The molecule has 0 radical (unpaired) electrons. The normalized spacial score (nSPS) is 10.2. The molecule has 0 heterocycles. The van der Waals surface area contributed by atoms with E-state index in [1.165, 1.54) is 12.5 Å². The Labute approximate surface area is 106 Å². The van der Waals surface area contributed by atoms with Gasteiger partial charge in [-0.25, -0.2) is 0 Å². The number of nitro groups is 1. The fourth-order valence-electron chi connectivity index (χ4n) is 1.61. The van der Waals surface area contributed by atoms with Gasteiger partial charge in [0, 0.05) is 23.9 Å². The third-order valence-electron chi connectivity index (χ3n) is 2.59. The van der Waals surface area contributed by atoms with Crippen LogP contribution in [0.15, 0.2) is 18.2 Å². The summed E-state index contributed by atoms with van der Waals surface area (Å²) < 4.78 is 0. The van der Waals surface area contributed by atoms with Gasteiger partial charge in [0.25, 0.3) is 5.69 Å². The number of unbranched alkanes of at least 4 members (excludes halogenated alkanes) is 1. The van der Waals surface area contributed by atoms with Crippen molar-refractivity contribution in [2.24, 2.45) is 0 Å². The molecule has 0 aliphatic heterocycles. The highest BCUT2D eigenvalue weighted by Crippen LogP contribution is 2.24. The number of hydrogen-bond acceptors (Lipinski definition) is 4. The van der Waals surface area contributed by atoms with Crippen LogP contribution in [-0.4, -0.2) is 23.5 Å². The molecule has 0 saturated heterocycles. The molecular weight excluding hydrogens is 236 g/mol. The fourth-order valence-corrected chi connectivity index (χ4v) is 2.10. The average Bonchev–Trinajstić information content (AvgIpc) is 2.30. The number of nitrogens with zero attached hydrogens (tertiary/aromatic N) is 1. The van der Waals surface area contributed by atoms with Crippen molar-refractivity contribution in [2.45, 2.75) is 19.8 Å². The molecule has 0 amide bonds. The predicted octanol–water partition coefficient (Wildman–Crippen LogP) is 3.46. The first kappa shape index (κ1) is 13.8. The van der Waals surface area contributed by atoms with Gasteiger partial charge in [0.05, 0.1) is 4.92 Å². The molecule has 5 heteroatoms. The Hall–Kier alpha value is -1.23. The van der Waals surface area contributed by atoms with Crippen LogP contribution in [0.4, 0.5) is 11.4 Å². The second kappa shape index (κ2) is 7.17. The SMILES string of the molecule is CSCCCCNc1cccc([N+](=O)[O-])c1C. The smallest absolute Gasteiger partial charge is 0.274 e. The zero-order valence-corrected chi connectivity index (χ0v) is 11.0. The summed E-state index contributed by atoms with van der Waals surface area (Å²) in [6, 6.07) is 5.14. The van der Waals surface area contributed by atoms with Crippen LogP contribution >= 0.6 is 11.8 Å². The molecule has 0 spiro atoms. The molecule has 0 aliphatic carbocycles. The monoisotopic (exact) mass is 254 g/mol. The molecule has 1 N–H and O–H groups in total. The maximum atomic E-state index is 10.8. The van der Waals surface area contributed by atoms with Gasteiger partial charge in [0.2, 0.25) is 0 Å². The van der Waals surface area contributed by atoms with E-state index in [2.05, 4.69) is 11.6 Å². The summed E-state index contributed by atoms with van der Waals surface area (Å²) in [6.07, 6.45) is 4.35. The van der Waals surface area contributed by atoms with E-state index >= 15 is 0 Å². The van der Waals surface area contributed by atoms with Gasteiger partial charge in [0.1, 0.15) is 0 Å². The Morgan fingerprint density at radius 1 is 1.41 bits per heavy atom. The highest BCUT2D eigenvalue weighted by molar-refractivity contribution is 7.98. The van der Waals surface area contributed by atoms with E-state index in [9.17, 15) is 10.1 Å². The van der Waals surface area contributed by atoms with Crippen LogP contribution in [0, 0.1) is 17.0 Å². The molecule has 1 rings (SSSR count). The molecule has 0 bridgehead atoms. The van der Waals surface area contributed by atoms with Crippen molar-refractivity contribution < 1.29 is 4.92 Å². The van der Waals surface area contributed by atoms with Crippen LogP contribution in [0.1, 0.15) is 18.4 Å². The number of hydrogen-bond donors (Lipinski definition) is 1. The Morgan fingerprint density at radius 2 is 2.18 bits per heavy atom. The summed E-state index contributed by atoms with van der Waals surface area (Å²) >= 11 is 1.84. The Bertz CT molecular complexity index is 383. The van der Waals surface area contributed by atoms with Gasteiger partial charge in [-0.3, -0.25) is 10.1 Å². The van der Waals surface area contributed by atoms with Crippen LogP contribution < -0.4 is 5.32 Å². The number of benzene rings is 1. The van der Waals surface area contributed by atoms with Crippen LogP contribution in [0.2, 0.25) is 0 Å². The lowest BCUT2D eigenvalue weighted by atomic mass is 10.1. The molecule has 17 heavy (non-hydrogen) atoms. The fraction of sp³-hybridized carbons (Fsp3) is 0.500. The largest absolute Gasteiger partial charge is 0.385 e. The van der Waals surface area contributed by atoms with Crippen LogP contribution in [0.3, 0.4) is 0 Å². The Balaban J connectivity index is 2.54. The second-order valence-corrected chi connectivity index (χ2v) is 4.82. The number of nitro benzene ring substituents is 1. The van der Waals surface area contributed by atoms with Crippen LogP contribution in [0.25, 0.3) is 0 Å². The quantitative estimate of drug-likeness (QED) is 0.460. The first-order valence-corrected chi connectivity index (χ1v) is 7.03. The summed E-state index contributed by atoms with van der Waals surface area (Å²) in [5, 5.41) is 14.0. The van der Waals surface area contributed by atoms with E-state index < -0.39 is 0 Å². The molecule has 1 aromatic rings. The van der Waals surface area contributed by atoms with Gasteiger partial charge in [-0.15, -0.1) is 0 Å². The highest BCUT2D eigenvalue weighted by atomic mass is 32.2. The van der Waals surface area contributed by atoms with Gasteiger partial charge in [-0.1, -0.05) is 6.07 Å². The lowest BCUT2D eigenvalue weighted by molar-refractivity contribution is -0.385. The van der Waals surface area contributed by atoms with Crippen molar-refractivity contribution >= 4 is 23.1 Å². The van der Waals surface area contributed by atoms with E-state index in [-0.39, 0.29) is 10.6 Å². The van der Waals surface area contributed by atoms with E-state index in [4.69, 9.17) is 0 Å². The van der Waals surface area contributed by atoms with Gasteiger partial charge in [-0.05, 0) is 37.8 Å². The van der Waals surface area contributed by atoms with Crippen molar-refractivity contribution in [2.75, 3.05) is 23.9 Å². The highest BCUT2D eigenvalue weighted by Gasteiger charge is 2.12. The first-order valence-electron chi connectivity index (χ1n) is 5.63. The van der Waals surface area contributed by atoms with Gasteiger partial charge in [0.15, 0.2) is 0 Å². The van der Waals surface area contributed by atoms with E-state index in [1.807, 2.05) is 17.8 Å². The summed E-state index contributed by atoms with van der Waals surface area (Å²) in [5.74, 6) is 1.16. The lowest BCUT2D eigenvalue weighted by Gasteiger charge is -2.09. The molecule has 0 aliphatic rings. The zero-order valence-electron chi connectivity index (χ0n) is 10.2. The minimum absolute atomic E-state index is 0.180. The predicted molar refractivity (Wildman–Crippen MR) is 73.9 cm³/mol. The molecule has 1 aromatic carbocycles. The summed E-state index contributed by atoms with van der Waals surface area (Å²) in [6.45, 7) is 2.64. The van der Waals surface area contributed by atoms with Crippen molar-refractivity contribution in [1.82, 2.24) is 0 Å². The van der Waals surface area contributed by atoms with Gasteiger partial charge in [-0.2, -0.15) is 11.8 Å². The first-order chi connectivity index (χ1) is 8.16. The standard InChI is InChI=1S/C12H18N2O2S/c1-10-11(13-8-3-4-9-17-2)6-5-7-12(10)14(15)16/h5-7,13H,3-4,8-9H2,1-2H3. The maximum absolute atomic E-state index is 10.8. The molecule has 4 nitrogen and oxygen atoms in total. The van der Waals surface area contributed by atoms with Crippen LogP contribution in [-0.2, 0) is 0 Å². The molecule has 0 unspecified atom stereocenters. The lowest BCUT2D eigenvalue weighted by Crippen LogP contribution is -2.04. The van der Waals surface area contributed by atoms with Crippen molar-refractivity contribution in [1.29, 1.82) is 0 Å². The Morgan fingerprint density at radius 3 is 2.82 bits per heavy atom. The summed E-state index contributed by atoms with van der Waals surface area (Å²) in [7, 11) is 0. The molecule has 0 saturated carbocycles. The van der Waals surface area contributed by atoms with Crippen molar-refractivity contribution in [3.05, 3.63) is 33.9 Å². The number of thioether (sulfide) groups is 1. The van der Waals surface area contributed by atoms with Gasteiger partial charge < -0.3 is 5.32 Å². The molecule has 94 valence electrons.